The van der Waals surface area contributed by atoms with Crippen molar-refractivity contribution in [1.29, 1.82) is 0 Å². The van der Waals surface area contributed by atoms with Crippen LogP contribution in [0.2, 0.25) is 0 Å². The van der Waals surface area contributed by atoms with Gasteiger partial charge in [0.15, 0.2) is 0 Å². The summed E-state index contributed by atoms with van der Waals surface area (Å²) in [6.45, 7) is 0.402. The molecule has 0 bridgehead atoms. The summed E-state index contributed by atoms with van der Waals surface area (Å²) in [6.07, 6.45) is 0. The minimum absolute atomic E-state index is 0.144. The number of benzene rings is 3. The zero-order chi connectivity index (χ0) is 24.8. The number of anilines is 1. The van der Waals surface area contributed by atoms with E-state index >= 15 is 0 Å². The molecule has 0 radical (unpaired) electrons. The Kier molecular flexibility index (Phi) is 7.92. The van der Waals surface area contributed by atoms with E-state index in [0.717, 1.165) is 4.31 Å². The van der Waals surface area contributed by atoms with Crippen molar-refractivity contribution in [1.82, 2.24) is 9.62 Å². The summed E-state index contributed by atoms with van der Waals surface area (Å²) < 4.78 is 58.0. The Bertz CT molecular complexity index is 1320. The highest BCUT2D eigenvalue weighted by Crippen LogP contribution is 2.18. The Balaban J connectivity index is 1.48. The van der Waals surface area contributed by atoms with Gasteiger partial charge in [0.25, 0.3) is 15.9 Å². The number of nitrogens with zero attached hydrogens (tertiary/aromatic N) is 1. The number of carbonyl (C=O) groups excluding carboxylic acids is 1. The summed E-state index contributed by atoms with van der Waals surface area (Å²) in [6, 6.07) is 20.0. The molecule has 0 spiro atoms. The highest BCUT2D eigenvalue weighted by molar-refractivity contribution is 7.92. The monoisotopic (exact) mass is 503 g/mol. The van der Waals surface area contributed by atoms with E-state index in [1.54, 1.807) is 30.3 Å². The lowest BCUT2D eigenvalue weighted by Gasteiger charge is -2.12. The zero-order valence-electron chi connectivity index (χ0n) is 18.6. The van der Waals surface area contributed by atoms with Crippen LogP contribution in [-0.4, -0.2) is 54.3 Å². The molecule has 3 rings (SSSR count). The van der Waals surface area contributed by atoms with Gasteiger partial charge >= 0.3 is 0 Å². The fourth-order valence-electron chi connectivity index (χ4n) is 2.86. The SMILES string of the molecule is CN(C)S(=O)(=O)c1ccc(OCCNC(=O)c2ccc(NS(=O)(=O)c3ccccc3)cc2)cc1. The number of hydrogen-bond acceptors (Lipinski definition) is 6. The van der Waals surface area contributed by atoms with Crippen molar-refractivity contribution in [3.05, 3.63) is 84.4 Å². The lowest BCUT2D eigenvalue weighted by molar-refractivity contribution is 0.0947. The zero-order valence-corrected chi connectivity index (χ0v) is 20.3. The topological polar surface area (TPSA) is 122 Å². The van der Waals surface area contributed by atoms with E-state index in [0.29, 0.717) is 17.0 Å². The molecule has 180 valence electrons. The molecule has 9 nitrogen and oxygen atoms in total. The van der Waals surface area contributed by atoms with Gasteiger partial charge in [0.2, 0.25) is 10.0 Å². The fourth-order valence-corrected chi connectivity index (χ4v) is 4.84. The number of rotatable bonds is 10. The first-order valence-corrected chi connectivity index (χ1v) is 13.1. The van der Waals surface area contributed by atoms with Crippen LogP contribution >= 0.6 is 0 Å². The number of amides is 1. The second-order valence-corrected chi connectivity index (χ2v) is 11.2. The van der Waals surface area contributed by atoms with E-state index in [2.05, 4.69) is 10.0 Å². The molecule has 1 amide bonds. The van der Waals surface area contributed by atoms with Gasteiger partial charge < -0.3 is 10.1 Å². The third-order valence-corrected chi connectivity index (χ3v) is 7.94. The fraction of sp³-hybridized carbons (Fsp3) is 0.174. The van der Waals surface area contributed by atoms with Crippen molar-refractivity contribution in [3.63, 3.8) is 0 Å². The molecule has 0 aliphatic heterocycles. The predicted octanol–water partition coefficient (Wildman–Crippen LogP) is 2.55. The maximum absolute atomic E-state index is 12.4. The Morgan fingerprint density at radius 3 is 2.03 bits per heavy atom. The molecule has 0 heterocycles. The van der Waals surface area contributed by atoms with E-state index in [4.69, 9.17) is 4.74 Å². The summed E-state index contributed by atoms with van der Waals surface area (Å²) in [4.78, 5) is 12.6. The second kappa shape index (κ2) is 10.7. The smallest absolute Gasteiger partial charge is 0.261 e. The molecule has 11 heteroatoms. The van der Waals surface area contributed by atoms with Gasteiger partial charge in [-0.1, -0.05) is 18.2 Å². The predicted molar refractivity (Wildman–Crippen MR) is 129 cm³/mol. The molecule has 0 unspecified atom stereocenters. The summed E-state index contributed by atoms with van der Waals surface area (Å²) in [5.41, 5.74) is 0.698. The Morgan fingerprint density at radius 1 is 0.824 bits per heavy atom. The van der Waals surface area contributed by atoms with E-state index in [1.165, 1.54) is 62.6 Å². The highest BCUT2D eigenvalue weighted by atomic mass is 32.2. The molecule has 3 aromatic rings. The van der Waals surface area contributed by atoms with Crippen molar-refractivity contribution < 1.29 is 26.4 Å². The quantitative estimate of drug-likeness (QED) is 0.410. The molecular weight excluding hydrogens is 478 g/mol. The molecule has 0 aliphatic carbocycles. The molecule has 3 aromatic carbocycles. The largest absolute Gasteiger partial charge is 0.492 e. The third-order valence-electron chi connectivity index (χ3n) is 4.71. The summed E-state index contributed by atoms with van der Waals surface area (Å²) in [5.74, 6) is 0.135. The van der Waals surface area contributed by atoms with Crippen molar-refractivity contribution in [2.75, 3.05) is 32.0 Å². The van der Waals surface area contributed by atoms with E-state index in [9.17, 15) is 21.6 Å². The lowest BCUT2D eigenvalue weighted by atomic mass is 10.2. The molecule has 0 saturated heterocycles. The number of nitrogens with one attached hydrogen (secondary N) is 2. The minimum Gasteiger partial charge on any atom is -0.492 e. The van der Waals surface area contributed by atoms with Crippen molar-refractivity contribution in [2.24, 2.45) is 0 Å². The third kappa shape index (κ3) is 6.34. The second-order valence-electron chi connectivity index (χ2n) is 7.36. The first-order chi connectivity index (χ1) is 16.1. The van der Waals surface area contributed by atoms with Crippen LogP contribution in [0, 0.1) is 0 Å². The average Bonchev–Trinajstić information content (AvgIpc) is 2.82. The molecule has 34 heavy (non-hydrogen) atoms. The van der Waals surface area contributed by atoms with E-state index in [1.807, 2.05) is 0 Å². The van der Waals surface area contributed by atoms with E-state index in [-0.39, 0.29) is 28.8 Å². The van der Waals surface area contributed by atoms with Gasteiger partial charge in [0, 0.05) is 25.3 Å². The average molecular weight is 504 g/mol. The molecule has 0 aliphatic rings. The van der Waals surface area contributed by atoms with Gasteiger partial charge in [-0.2, -0.15) is 0 Å². The van der Waals surface area contributed by atoms with Crippen LogP contribution in [0.1, 0.15) is 10.4 Å². The maximum atomic E-state index is 12.4. The summed E-state index contributed by atoms with van der Waals surface area (Å²) in [5, 5.41) is 2.71. The number of hydrogen-bond donors (Lipinski definition) is 2. The van der Waals surface area contributed by atoms with Gasteiger partial charge in [0.1, 0.15) is 12.4 Å². The van der Waals surface area contributed by atoms with Crippen LogP contribution in [0.3, 0.4) is 0 Å². The van der Waals surface area contributed by atoms with E-state index < -0.39 is 20.0 Å². The van der Waals surface area contributed by atoms with Crippen LogP contribution < -0.4 is 14.8 Å². The van der Waals surface area contributed by atoms with Crippen LogP contribution in [0.5, 0.6) is 5.75 Å². The number of ether oxygens (including phenoxy) is 1. The maximum Gasteiger partial charge on any atom is 0.261 e. The molecule has 0 saturated carbocycles. The molecule has 2 N–H and O–H groups in total. The molecular formula is C23H25N3O6S2. The number of carbonyl (C=O) groups is 1. The molecule has 0 atom stereocenters. The Morgan fingerprint density at radius 2 is 1.44 bits per heavy atom. The van der Waals surface area contributed by atoms with Gasteiger partial charge in [0.05, 0.1) is 16.3 Å². The van der Waals surface area contributed by atoms with Crippen LogP contribution in [-0.2, 0) is 20.0 Å². The molecule has 0 aromatic heterocycles. The summed E-state index contributed by atoms with van der Waals surface area (Å²) >= 11 is 0. The number of sulfonamides is 2. The van der Waals surface area contributed by atoms with Crippen molar-refractivity contribution in [3.8, 4) is 5.75 Å². The van der Waals surface area contributed by atoms with Crippen LogP contribution in [0.4, 0.5) is 5.69 Å². The van der Waals surface area contributed by atoms with Gasteiger partial charge in [-0.15, -0.1) is 0 Å². The Hall–Kier alpha value is -3.41. The molecule has 0 fully saturated rings. The van der Waals surface area contributed by atoms with Crippen LogP contribution in [0.25, 0.3) is 0 Å². The standard InChI is InChI=1S/C23H25N3O6S2/c1-26(2)34(30,31)22-14-12-20(13-15-22)32-17-16-24-23(27)18-8-10-19(11-9-18)25-33(28,29)21-6-4-3-5-7-21/h3-15,25H,16-17H2,1-2H3,(H,24,27). The van der Waals surface area contributed by atoms with Gasteiger partial charge in [-0.25, -0.2) is 21.1 Å². The Labute approximate surface area is 199 Å². The van der Waals surface area contributed by atoms with Crippen molar-refractivity contribution in [2.45, 2.75) is 9.79 Å². The first-order valence-electron chi connectivity index (χ1n) is 10.2. The summed E-state index contributed by atoms with van der Waals surface area (Å²) in [7, 11) is -4.30. The first kappa shape index (κ1) is 25.2. The normalized spacial score (nSPS) is 11.7. The van der Waals surface area contributed by atoms with Crippen molar-refractivity contribution >= 4 is 31.6 Å². The minimum atomic E-state index is -3.71. The van der Waals surface area contributed by atoms with Gasteiger partial charge in [-0.05, 0) is 60.7 Å². The van der Waals surface area contributed by atoms with Gasteiger partial charge in [-0.3, -0.25) is 9.52 Å². The lowest BCUT2D eigenvalue weighted by Crippen LogP contribution is -2.28. The highest BCUT2D eigenvalue weighted by Gasteiger charge is 2.17. The van der Waals surface area contributed by atoms with Crippen LogP contribution in [0.15, 0.2) is 88.7 Å².